The molecular formula is C22H21NO4S3. The minimum Gasteiger partial charge on any atom is -0.313 e. The van der Waals surface area contributed by atoms with Gasteiger partial charge >= 0.3 is 0 Å². The number of anilines is 1. The minimum atomic E-state index is -3.20. The van der Waals surface area contributed by atoms with Gasteiger partial charge in [-0.3, -0.25) is 9.59 Å². The number of nitrogens with one attached hydrogen (secondary N) is 1. The molecule has 0 atom stereocenters. The van der Waals surface area contributed by atoms with Crippen LogP contribution in [0.25, 0.3) is 0 Å². The van der Waals surface area contributed by atoms with E-state index in [0.29, 0.717) is 26.6 Å². The number of sulfone groups is 1. The molecule has 0 saturated heterocycles. The number of benzene rings is 1. The number of fused-ring (bicyclic) bond motifs is 1. The Balaban J connectivity index is 1.66. The van der Waals surface area contributed by atoms with Crippen LogP contribution in [-0.4, -0.2) is 26.4 Å². The molecule has 3 aromatic rings. The zero-order valence-electron chi connectivity index (χ0n) is 16.4. The summed E-state index contributed by atoms with van der Waals surface area (Å²) in [6.45, 7) is 0. The van der Waals surface area contributed by atoms with E-state index in [2.05, 4.69) is 5.32 Å². The van der Waals surface area contributed by atoms with Crippen LogP contribution in [0.15, 0.2) is 41.8 Å². The van der Waals surface area contributed by atoms with Gasteiger partial charge in [0.2, 0.25) is 5.78 Å². The van der Waals surface area contributed by atoms with Crippen LogP contribution in [0.1, 0.15) is 54.4 Å². The van der Waals surface area contributed by atoms with Gasteiger partial charge in [0.1, 0.15) is 5.00 Å². The highest BCUT2D eigenvalue weighted by atomic mass is 32.2. The van der Waals surface area contributed by atoms with Gasteiger partial charge in [-0.15, -0.1) is 22.7 Å². The van der Waals surface area contributed by atoms with E-state index in [4.69, 9.17) is 0 Å². The Morgan fingerprint density at radius 1 is 1.10 bits per heavy atom. The normalized spacial score (nSPS) is 13.6. The van der Waals surface area contributed by atoms with E-state index in [9.17, 15) is 18.0 Å². The third-order valence-corrected chi connectivity index (χ3v) is 7.92. The highest BCUT2D eigenvalue weighted by molar-refractivity contribution is 7.89. The SMILES string of the molecule is CS(=O)(=O)Cc1cccc(C(=O)Nc2sc3c(c2C(=O)c2cccs2)CCCC3)c1. The standard InChI is InChI=1S/C22H21NO4S3/c1-30(26,27)13-14-6-4-7-15(12-14)21(25)23-22-19(20(24)18-10-5-11-28-18)16-8-2-3-9-17(16)29-22/h4-7,10-12H,2-3,8-9,13H2,1H3,(H,23,25). The number of ketones is 1. The molecule has 0 aliphatic heterocycles. The van der Waals surface area contributed by atoms with E-state index < -0.39 is 9.84 Å². The molecule has 1 aliphatic rings. The van der Waals surface area contributed by atoms with Crippen molar-refractivity contribution in [1.29, 1.82) is 0 Å². The molecule has 4 rings (SSSR count). The molecule has 156 valence electrons. The maximum absolute atomic E-state index is 13.2. The lowest BCUT2D eigenvalue weighted by atomic mass is 9.93. The number of amides is 1. The van der Waals surface area contributed by atoms with E-state index in [0.717, 1.165) is 31.2 Å². The first kappa shape index (κ1) is 21.0. The fourth-order valence-corrected chi connectivity index (χ4v) is 6.44. The topological polar surface area (TPSA) is 80.3 Å². The number of carbonyl (C=O) groups excluding carboxylic acids is 2. The van der Waals surface area contributed by atoms with E-state index in [-0.39, 0.29) is 17.4 Å². The number of hydrogen-bond donors (Lipinski definition) is 1. The third-order valence-electron chi connectivity index (χ3n) is 4.99. The van der Waals surface area contributed by atoms with Crippen molar-refractivity contribution in [3.8, 4) is 0 Å². The highest BCUT2D eigenvalue weighted by Crippen LogP contribution is 2.40. The van der Waals surface area contributed by atoms with Crippen molar-refractivity contribution >= 4 is 49.2 Å². The van der Waals surface area contributed by atoms with E-state index in [1.165, 1.54) is 33.8 Å². The van der Waals surface area contributed by atoms with Gasteiger partial charge in [-0.25, -0.2) is 8.42 Å². The van der Waals surface area contributed by atoms with Crippen molar-refractivity contribution in [2.75, 3.05) is 11.6 Å². The number of aryl methyl sites for hydroxylation is 1. The van der Waals surface area contributed by atoms with Crippen molar-refractivity contribution in [1.82, 2.24) is 0 Å². The molecule has 30 heavy (non-hydrogen) atoms. The second-order valence-electron chi connectivity index (χ2n) is 7.45. The Bertz CT molecular complexity index is 1210. The molecule has 0 fully saturated rings. The van der Waals surface area contributed by atoms with E-state index in [1.54, 1.807) is 30.3 Å². The van der Waals surface area contributed by atoms with Crippen molar-refractivity contribution in [3.63, 3.8) is 0 Å². The fourth-order valence-electron chi connectivity index (χ4n) is 3.71. The molecule has 0 unspecified atom stereocenters. The molecule has 2 heterocycles. The summed E-state index contributed by atoms with van der Waals surface area (Å²) in [6, 6.07) is 10.3. The van der Waals surface area contributed by atoms with E-state index in [1.807, 2.05) is 11.4 Å². The van der Waals surface area contributed by atoms with Crippen LogP contribution in [0.2, 0.25) is 0 Å². The second kappa shape index (κ2) is 8.45. The molecule has 0 spiro atoms. The Morgan fingerprint density at radius 2 is 1.90 bits per heavy atom. The number of hydrogen-bond acceptors (Lipinski definition) is 6. The molecule has 1 amide bonds. The maximum Gasteiger partial charge on any atom is 0.256 e. The lowest BCUT2D eigenvalue weighted by molar-refractivity contribution is 0.102. The minimum absolute atomic E-state index is 0.0504. The molecule has 0 saturated carbocycles. The first-order valence-electron chi connectivity index (χ1n) is 9.62. The largest absolute Gasteiger partial charge is 0.313 e. The first-order chi connectivity index (χ1) is 14.3. The van der Waals surface area contributed by atoms with Crippen LogP contribution < -0.4 is 5.32 Å². The number of thiophene rings is 2. The van der Waals surface area contributed by atoms with Gasteiger partial charge in [-0.1, -0.05) is 18.2 Å². The molecule has 1 aliphatic carbocycles. The molecule has 1 aromatic carbocycles. The van der Waals surface area contributed by atoms with Crippen LogP contribution in [0.5, 0.6) is 0 Å². The number of rotatable bonds is 6. The Morgan fingerprint density at radius 3 is 2.63 bits per heavy atom. The van der Waals surface area contributed by atoms with E-state index >= 15 is 0 Å². The van der Waals surface area contributed by atoms with Gasteiger partial charge in [0.05, 0.1) is 16.2 Å². The van der Waals surface area contributed by atoms with Gasteiger partial charge in [0.25, 0.3) is 5.91 Å². The fraction of sp³-hybridized carbons (Fsp3) is 0.273. The van der Waals surface area contributed by atoms with Crippen LogP contribution in [0, 0.1) is 0 Å². The third kappa shape index (κ3) is 4.55. The van der Waals surface area contributed by atoms with Gasteiger partial charge < -0.3 is 5.32 Å². The van der Waals surface area contributed by atoms with Crippen LogP contribution >= 0.6 is 22.7 Å². The summed E-state index contributed by atoms with van der Waals surface area (Å²) in [5.41, 5.74) is 2.60. The summed E-state index contributed by atoms with van der Waals surface area (Å²) in [6.07, 6.45) is 5.05. The summed E-state index contributed by atoms with van der Waals surface area (Å²) in [5, 5.41) is 5.39. The Kier molecular flexibility index (Phi) is 5.90. The summed E-state index contributed by atoms with van der Waals surface area (Å²) in [7, 11) is -3.20. The molecule has 2 aromatic heterocycles. The summed E-state index contributed by atoms with van der Waals surface area (Å²) >= 11 is 2.88. The lowest BCUT2D eigenvalue weighted by Crippen LogP contribution is -2.15. The molecule has 8 heteroatoms. The van der Waals surface area contributed by atoms with Crippen LogP contribution in [0.3, 0.4) is 0 Å². The molecule has 0 radical (unpaired) electrons. The Hall–Kier alpha value is -2.29. The summed E-state index contributed by atoms with van der Waals surface area (Å²) in [4.78, 5) is 28.0. The van der Waals surface area contributed by atoms with Gasteiger partial charge in [0, 0.05) is 16.7 Å². The quantitative estimate of drug-likeness (QED) is 0.541. The summed E-state index contributed by atoms with van der Waals surface area (Å²) < 4.78 is 23.2. The molecule has 1 N–H and O–H groups in total. The van der Waals surface area contributed by atoms with Crippen molar-refractivity contribution in [3.05, 3.63) is 73.8 Å². The molecular weight excluding hydrogens is 438 g/mol. The Labute approximate surface area is 183 Å². The molecule has 5 nitrogen and oxygen atoms in total. The predicted octanol–water partition coefficient (Wildman–Crippen LogP) is 4.72. The lowest BCUT2D eigenvalue weighted by Gasteiger charge is -2.12. The maximum atomic E-state index is 13.2. The molecule has 0 bridgehead atoms. The van der Waals surface area contributed by atoms with Gasteiger partial charge in [-0.2, -0.15) is 0 Å². The number of carbonyl (C=O) groups is 2. The average molecular weight is 460 g/mol. The monoisotopic (exact) mass is 459 g/mol. The smallest absolute Gasteiger partial charge is 0.256 e. The first-order valence-corrected chi connectivity index (χ1v) is 13.4. The van der Waals surface area contributed by atoms with Crippen molar-refractivity contribution in [2.24, 2.45) is 0 Å². The zero-order valence-corrected chi connectivity index (χ0v) is 18.9. The highest BCUT2D eigenvalue weighted by Gasteiger charge is 2.27. The van der Waals surface area contributed by atoms with Crippen LogP contribution in [-0.2, 0) is 28.4 Å². The summed E-state index contributed by atoms with van der Waals surface area (Å²) in [5.74, 6) is -0.515. The van der Waals surface area contributed by atoms with Crippen molar-refractivity contribution < 1.29 is 18.0 Å². The van der Waals surface area contributed by atoms with Crippen molar-refractivity contribution in [2.45, 2.75) is 31.4 Å². The zero-order chi connectivity index (χ0) is 21.3. The van der Waals surface area contributed by atoms with Gasteiger partial charge in [0.15, 0.2) is 9.84 Å². The predicted molar refractivity (Wildman–Crippen MR) is 122 cm³/mol. The second-order valence-corrected chi connectivity index (χ2v) is 11.6. The van der Waals surface area contributed by atoms with Crippen LogP contribution in [0.4, 0.5) is 5.00 Å². The van der Waals surface area contributed by atoms with Gasteiger partial charge in [-0.05, 0) is 60.4 Å². The average Bonchev–Trinajstić information content (AvgIpc) is 3.34.